The van der Waals surface area contributed by atoms with Crippen LogP contribution in [0.1, 0.15) is 13.3 Å². The third-order valence-corrected chi connectivity index (χ3v) is 4.00. The van der Waals surface area contributed by atoms with E-state index in [4.69, 9.17) is 10.5 Å². The standard InChI is InChI=1S/C11H8N2OS/c1-6-2-9-8(7(4-12)5-13)3-10(14)11(9)15-6/h2,9,11H,3H2,1H3. The maximum atomic E-state index is 11.6. The first-order valence-electron chi connectivity index (χ1n) is 4.58. The normalized spacial score (nSPS) is 28.1. The van der Waals surface area contributed by atoms with Crippen molar-refractivity contribution in [2.24, 2.45) is 5.92 Å². The van der Waals surface area contributed by atoms with Gasteiger partial charge >= 0.3 is 0 Å². The van der Waals surface area contributed by atoms with Crippen LogP contribution in [0.15, 0.2) is 22.1 Å². The molecule has 2 rings (SSSR count). The Kier molecular flexibility index (Phi) is 2.38. The molecule has 0 radical (unpaired) electrons. The van der Waals surface area contributed by atoms with Gasteiger partial charge in [-0.3, -0.25) is 4.79 Å². The second kappa shape index (κ2) is 3.56. The van der Waals surface area contributed by atoms with E-state index >= 15 is 0 Å². The van der Waals surface area contributed by atoms with Crippen molar-refractivity contribution >= 4 is 17.5 Å². The van der Waals surface area contributed by atoms with Crippen LogP contribution in [0.5, 0.6) is 0 Å². The Morgan fingerprint density at radius 2 is 2.20 bits per heavy atom. The molecule has 15 heavy (non-hydrogen) atoms. The number of ketones is 1. The van der Waals surface area contributed by atoms with E-state index in [0.717, 1.165) is 4.91 Å². The number of carbonyl (C=O) groups is 1. The minimum atomic E-state index is -0.0864. The van der Waals surface area contributed by atoms with Gasteiger partial charge < -0.3 is 0 Å². The number of nitriles is 2. The number of fused-ring (bicyclic) bond motifs is 1. The van der Waals surface area contributed by atoms with Crippen LogP contribution in [0.2, 0.25) is 0 Å². The fourth-order valence-electron chi connectivity index (χ4n) is 2.03. The Bertz CT molecular complexity index is 460. The molecule has 0 bridgehead atoms. The van der Waals surface area contributed by atoms with E-state index in [9.17, 15) is 4.79 Å². The number of nitrogens with zero attached hydrogens (tertiary/aromatic N) is 2. The topological polar surface area (TPSA) is 64.7 Å². The van der Waals surface area contributed by atoms with Gasteiger partial charge in [0.25, 0.3) is 0 Å². The van der Waals surface area contributed by atoms with Gasteiger partial charge in [0.15, 0.2) is 5.78 Å². The van der Waals surface area contributed by atoms with Crippen molar-refractivity contribution in [1.82, 2.24) is 0 Å². The predicted molar refractivity (Wildman–Crippen MR) is 56.5 cm³/mol. The lowest BCUT2D eigenvalue weighted by Crippen LogP contribution is -2.12. The highest BCUT2D eigenvalue weighted by atomic mass is 32.2. The third kappa shape index (κ3) is 1.48. The third-order valence-electron chi connectivity index (χ3n) is 2.68. The zero-order valence-electron chi connectivity index (χ0n) is 8.15. The van der Waals surface area contributed by atoms with Crippen molar-refractivity contribution in [3.8, 4) is 12.1 Å². The number of Topliss-reactive ketones (excluding diaryl/α,β-unsaturated/α-hetero) is 1. The molecule has 0 saturated heterocycles. The predicted octanol–water partition coefficient (Wildman–Crippen LogP) is 1.94. The van der Waals surface area contributed by atoms with Gasteiger partial charge in [-0.25, -0.2) is 0 Å². The molecule has 0 aromatic heterocycles. The lowest BCUT2D eigenvalue weighted by molar-refractivity contribution is -0.116. The quantitative estimate of drug-likeness (QED) is 0.580. The zero-order valence-corrected chi connectivity index (χ0v) is 8.97. The van der Waals surface area contributed by atoms with Gasteiger partial charge in [-0.1, -0.05) is 6.08 Å². The number of hydrogen-bond donors (Lipinski definition) is 0. The zero-order chi connectivity index (χ0) is 11.0. The SMILES string of the molecule is CC1=CC2C(=C(C#N)C#N)CC(=O)C2S1. The molecule has 1 heterocycles. The molecule has 0 N–H and O–H groups in total. The van der Waals surface area contributed by atoms with Crippen molar-refractivity contribution in [2.45, 2.75) is 18.6 Å². The van der Waals surface area contributed by atoms with Gasteiger partial charge in [-0.05, 0) is 17.4 Å². The lowest BCUT2D eigenvalue weighted by atomic mass is 9.98. The van der Waals surface area contributed by atoms with Crippen molar-refractivity contribution in [1.29, 1.82) is 10.5 Å². The van der Waals surface area contributed by atoms with E-state index in [1.807, 2.05) is 25.1 Å². The summed E-state index contributed by atoms with van der Waals surface area (Å²) in [6.07, 6.45) is 2.26. The van der Waals surface area contributed by atoms with E-state index in [1.54, 1.807) is 11.8 Å². The van der Waals surface area contributed by atoms with Gasteiger partial charge in [0.2, 0.25) is 0 Å². The van der Waals surface area contributed by atoms with Crippen LogP contribution in [0, 0.1) is 28.6 Å². The molecule has 2 aliphatic rings. The minimum Gasteiger partial charge on any atom is -0.298 e. The highest BCUT2D eigenvalue weighted by molar-refractivity contribution is 8.04. The van der Waals surface area contributed by atoms with Gasteiger partial charge in [0, 0.05) is 12.3 Å². The molecule has 0 aromatic carbocycles. The number of thioether (sulfide) groups is 1. The van der Waals surface area contributed by atoms with Crippen LogP contribution >= 0.6 is 11.8 Å². The molecule has 1 fully saturated rings. The number of carbonyl (C=O) groups excluding carboxylic acids is 1. The van der Waals surface area contributed by atoms with Crippen LogP contribution in [0.25, 0.3) is 0 Å². The van der Waals surface area contributed by atoms with Crippen molar-refractivity contribution in [2.75, 3.05) is 0 Å². The van der Waals surface area contributed by atoms with Crippen molar-refractivity contribution < 1.29 is 4.79 Å². The summed E-state index contributed by atoms with van der Waals surface area (Å²) in [5.74, 6) is 0.118. The van der Waals surface area contributed by atoms with Crippen LogP contribution < -0.4 is 0 Å². The van der Waals surface area contributed by atoms with Crippen LogP contribution in [-0.2, 0) is 4.79 Å². The summed E-state index contributed by atoms with van der Waals surface area (Å²) in [6, 6.07) is 3.74. The molecule has 1 saturated carbocycles. The molecule has 74 valence electrons. The first kappa shape index (κ1) is 10.0. The van der Waals surface area contributed by atoms with E-state index in [-0.39, 0.29) is 28.9 Å². The molecular weight excluding hydrogens is 208 g/mol. The Hall–Kier alpha value is -1.52. The van der Waals surface area contributed by atoms with Gasteiger partial charge in [-0.2, -0.15) is 10.5 Å². The smallest absolute Gasteiger partial charge is 0.151 e. The highest BCUT2D eigenvalue weighted by Crippen LogP contribution is 2.47. The molecule has 0 aromatic rings. The first-order valence-corrected chi connectivity index (χ1v) is 5.46. The van der Waals surface area contributed by atoms with E-state index in [0.29, 0.717) is 5.57 Å². The van der Waals surface area contributed by atoms with Crippen LogP contribution in [-0.4, -0.2) is 11.0 Å². The highest BCUT2D eigenvalue weighted by Gasteiger charge is 2.42. The number of hydrogen-bond acceptors (Lipinski definition) is 4. The molecule has 1 aliphatic carbocycles. The van der Waals surface area contributed by atoms with E-state index in [2.05, 4.69) is 0 Å². The van der Waals surface area contributed by atoms with Crippen molar-refractivity contribution in [3.05, 3.63) is 22.1 Å². The van der Waals surface area contributed by atoms with Gasteiger partial charge in [-0.15, -0.1) is 11.8 Å². The number of rotatable bonds is 0. The number of allylic oxidation sites excluding steroid dienone is 4. The Balaban J connectivity index is 2.48. The summed E-state index contributed by atoms with van der Waals surface area (Å²) < 4.78 is 0. The molecule has 3 nitrogen and oxygen atoms in total. The average molecular weight is 216 g/mol. The first-order chi connectivity index (χ1) is 7.17. The maximum Gasteiger partial charge on any atom is 0.151 e. The minimum absolute atomic E-state index is 0.0169. The summed E-state index contributed by atoms with van der Waals surface area (Å²) in [4.78, 5) is 12.7. The molecule has 1 aliphatic heterocycles. The fourth-order valence-corrected chi connectivity index (χ4v) is 3.26. The Morgan fingerprint density at radius 3 is 2.80 bits per heavy atom. The maximum absolute atomic E-state index is 11.6. The molecule has 0 amide bonds. The van der Waals surface area contributed by atoms with Crippen LogP contribution in [0.3, 0.4) is 0 Å². The summed E-state index contributed by atoms with van der Waals surface area (Å²) in [6.45, 7) is 1.95. The summed E-state index contributed by atoms with van der Waals surface area (Å²) in [7, 11) is 0. The average Bonchev–Trinajstić information content (AvgIpc) is 2.70. The largest absolute Gasteiger partial charge is 0.298 e. The fraction of sp³-hybridized carbons (Fsp3) is 0.364. The van der Waals surface area contributed by atoms with Gasteiger partial charge in [0.05, 0.1) is 5.25 Å². The molecular formula is C11H8N2OS. The lowest BCUT2D eigenvalue weighted by Gasteiger charge is -2.05. The summed E-state index contributed by atoms with van der Waals surface area (Å²) in [5, 5.41) is 17.5. The van der Waals surface area contributed by atoms with E-state index < -0.39 is 0 Å². The Labute approximate surface area is 92.1 Å². The second-order valence-electron chi connectivity index (χ2n) is 3.61. The van der Waals surface area contributed by atoms with E-state index in [1.165, 1.54) is 0 Å². The van der Waals surface area contributed by atoms with Crippen LogP contribution in [0.4, 0.5) is 0 Å². The molecule has 2 unspecified atom stereocenters. The second-order valence-corrected chi connectivity index (χ2v) is 5.00. The summed E-state index contributed by atoms with van der Waals surface area (Å²) in [5.41, 5.74) is 0.821. The molecule has 2 atom stereocenters. The molecule has 0 spiro atoms. The van der Waals surface area contributed by atoms with Gasteiger partial charge in [0.1, 0.15) is 17.7 Å². The molecule has 4 heteroatoms. The monoisotopic (exact) mass is 216 g/mol. The summed E-state index contributed by atoms with van der Waals surface area (Å²) >= 11 is 1.54. The van der Waals surface area contributed by atoms with Crippen molar-refractivity contribution in [3.63, 3.8) is 0 Å². The Morgan fingerprint density at radius 1 is 1.53 bits per heavy atom.